The van der Waals surface area contributed by atoms with Crippen LogP contribution in [0.15, 0.2) is 40.9 Å². The standard InChI is InChI=1S/C12H14BrN/c1-10(14-7-2-3-8-14)11-5-4-6-12(13)9-11/h2-6,9-10H,7-8H2,1H3. The van der Waals surface area contributed by atoms with E-state index in [-0.39, 0.29) is 0 Å². The first-order valence-electron chi connectivity index (χ1n) is 4.92. The average molecular weight is 252 g/mol. The minimum atomic E-state index is 0.502. The van der Waals surface area contributed by atoms with Crippen molar-refractivity contribution in [2.45, 2.75) is 13.0 Å². The van der Waals surface area contributed by atoms with Crippen LogP contribution in [0.2, 0.25) is 0 Å². The number of benzene rings is 1. The lowest BCUT2D eigenvalue weighted by molar-refractivity contribution is 0.274. The van der Waals surface area contributed by atoms with E-state index in [0.717, 1.165) is 17.6 Å². The van der Waals surface area contributed by atoms with E-state index in [0.29, 0.717) is 6.04 Å². The molecular weight excluding hydrogens is 238 g/mol. The molecule has 0 aromatic heterocycles. The second-order valence-electron chi connectivity index (χ2n) is 3.66. The van der Waals surface area contributed by atoms with Crippen molar-refractivity contribution < 1.29 is 0 Å². The summed E-state index contributed by atoms with van der Waals surface area (Å²) < 4.78 is 1.16. The van der Waals surface area contributed by atoms with Gasteiger partial charge in [-0.05, 0) is 24.6 Å². The maximum atomic E-state index is 3.50. The van der Waals surface area contributed by atoms with E-state index in [1.165, 1.54) is 5.56 Å². The number of halogens is 1. The third kappa shape index (κ3) is 2.07. The Balaban J connectivity index is 2.14. The highest BCUT2D eigenvalue weighted by molar-refractivity contribution is 9.10. The van der Waals surface area contributed by atoms with Gasteiger partial charge in [0.05, 0.1) is 0 Å². The molecule has 1 aliphatic heterocycles. The molecule has 0 amide bonds. The highest BCUT2D eigenvalue weighted by Crippen LogP contribution is 2.24. The lowest BCUT2D eigenvalue weighted by Gasteiger charge is -2.24. The molecule has 0 saturated carbocycles. The summed E-state index contributed by atoms with van der Waals surface area (Å²) in [5, 5.41) is 0. The first-order valence-corrected chi connectivity index (χ1v) is 5.71. The van der Waals surface area contributed by atoms with Gasteiger partial charge in [0.2, 0.25) is 0 Å². The van der Waals surface area contributed by atoms with Crippen LogP contribution in [-0.4, -0.2) is 18.0 Å². The topological polar surface area (TPSA) is 3.24 Å². The Labute approximate surface area is 93.6 Å². The molecule has 1 unspecified atom stereocenters. The Bertz CT molecular complexity index is 338. The summed E-state index contributed by atoms with van der Waals surface area (Å²) in [6, 6.07) is 9.05. The van der Waals surface area contributed by atoms with Crippen molar-refractivity contribution >= 4 is 15.9 Å². The zero-order chi connectivity index (χ0) is 9.97. The van der Waals surface area contributed by atoms with E-state index in [1.807, 2.05) is 0 Å². The summed E-state index contributed by atoms with van der Waals surface area (Å²) in [6.07, 6.45) is 4.46. The number of hydrogen-bond donors (Lipinski definition) is 0. The first kappa shape index (κ1) is 9.94. The lowest BCUT2D eigenvalue weighted by Crippen LogP contribution is -2.23. The Hall–Kier alpha value is -0.600. The summed E-state index contributed by atoms with van der Waals surface area (Å²) in [6.45, 7) is 4.41. The van der Waals surface area contributed by atoms with Crippen LogP contribution in [0.4, 0.5) is 0 Å². The summed E-state index contributed by atoms with van der Waals surface area (Å²) in [4.78, 5) is 2.45. The van der Waals surface area contributed by atoms with Crippen molar-refractivity contribution in [1.82, 2.24) is 4.90 Å². The van der Waals surface area contributed by atoms with Crippen molar-refractivity contribution in [2.75, 3.05) is 13.1 Å². The van der Waals surface area contributed by atoms with Gasteiger partial charge in [0.25, 0.3) is 0 Å². The van der Waals surface area contributed by atoms with Gasteiger partial charge in [-0.25, -0.2) is 0 Å². The fourth-order valence-corrected chi connectivity index (χ4v) is 2.20. The molecule has 0 aliphatic carbocycles. The molecule has 1 nitrogen and oxygen atoms in total. The number of rotatable bonds is 2. The molecule has 0 radical (unpaired) electrons. The Morgan fingerprint density at radius 3 is 2.64 bits per heavy atom. The van der Waals surface area contributed by atoms with E-state index >= 15 is 0 Å². The molecule has 0 saturated heterocycles. The number of nitrogens with zero attached hydrogens (tertiary/aromatic N) is 1. The third-order valence-corrected chi connectivity index (χ3v) is 3.22. The van der Waals surface area contributed by atoms with Crippen LogP contribution in [0.1, 0.15) is 18.5 Å². The maximum Gasteiger partial charge on any atom is 0.0326 e. The second kappa shape index (κ2) is 4.28. The minimum absolute atomic E-state index is 0.502. The number of hydrogen-bond acceptors (Lipinski definition) is 1. The molecule has 74 valence electrons. The van der Waals surface area contributed by atoms with Crippen LogP contribution < -0.4 is 0 Å². The fraction of sp³-hybridized carbons (Fsp3) is 0.333. The van der Waals surface area contributed by atoms with Crippen LogP contribution in [0, 0.1) is 0 Å². The zero-order valence-corrected chi connectivity index (χ0v) is 9.87. The Kier molecular flexibility index (Phi) is 3.04. The van der Waals surface area contributed by atoms with Crippen LogP contribution in [0.3, 0.4) is 0 Å². The van der Waals surface area contributed by atoms with Crippen molar-refractivity contribution in [1.29, 1.82) is 0 Å². The van der Waals surface area contributed by atoms with Gasteiger partial charge >= 0.3 is 0 Å². The molecule has 1 aromatic carbocycles. The second-order valence-corrected chi connectivity index (χ2v) is 4.57. The molecule has 1 aliphatic rings. The van der Waals surface area contributed by atoms with Crippen LogP contribution in [-0.2, 0) is 0 Å². The van der Waals surface area contributed by atoms with Crippen LogP contribution >= 0.6 is 15.9 Å². The summed E-state index contributed by atoms with van der Waals surface area (Å²) in [5.74, 6) is 0. The van der Waals surface area contributed by atoms with Crippen molar-refractivity contribution in [2.24, 2.45) is 0 Å². The maximum absolute atomic E-state index is 3.50. The molecule has 0 fully saturated rings. The highest BCUT2D eigenvalue weighted by atomic mass is 79.9. The molecule has 0 bridgehead atoms. The Morgan fingerprint density at radius 1 is 1.29 bits per heavy atom. The van der Waals surface area contributed by atoms with Gasteiger partial charge in [-0.1, -0.05) is 40.2 Å². The Morgan fingerprint density at radius 2 is 2.00 bits per heavy atom. The minimum Gasteiger partial charge on any atom is -0.289 e. The highest BCUT2D eigenvalue weighted by Gasteiger charge is 2.15. The fourth-order valence-electron chi connectivity index (χ4n) is 1.79. The largest absolute Gasteiger partial charge is 0.289 e. The molecule has 2 rings (SSSR count). The SMILES string of the molecule is CC(c1cccc(Br)c1)N1CC=CC1. The van der Waals surface area contributed by atoms with Gasteiger partial charge < -0.3 is 0 Å². The van der Waals surface area contributed by atoms with E-state index in [9.17, 15) is 0 Å². The molecule has 2 heteroatoms. The third-order valence-electron chi connectivity index (χ3n) is 2.73. The summed E-state index contributed by atoms with van der Waals surface area (Å²) >= 11 is 3.50. The predicted molar refractivity (Wildman–Crippen MR) is 63.3 cm³/mol. The lowest BCUT2D eigenvalue weighted by atomic mass is 10.1. The van der Waals surface area contributed by atoms with Gasteiger partial charge in [0.1, 0.15) is 0 Å². The summed E-state index contributed by atoms with van der Waals surface area (Å²) in [7, 11) is 0. The predicted octanol–water partition coefficient (Wildman–Crippen LogP) is 3.38. The molecule has 0 spiro atoms. The van der Waals surface area contributed by atoms with Gasteiger partial charge in [-0.15, -0.1) is 0 Å². The van der Waals surface area contributed by atoms with E-state index < -0.39 is 0 Å². The molecule has 1 atom stereocenters. The van der Waals surface area contributed by atoms with Crippen LogP contribution in [0.5, 0.6) is 0 Å². The quantitative estimate of drug-likeness (QED) is 0.729. The van der Waals surface area contributed by atoms with Crippen LogP contribution in [0.25, 0.3) is 0 Å². The molecule has 0 N–H and O–H groups in total. The van der Waals surface area contributed by atoms with Gasteiger partial charge in [0.15, 0.2) is 0 Å². The smallest absolute Gasteiger partial charge is 0.0326 e. The van der Waals surface area contributed by atoms with Gasteiger partial charge in [-0.3, -0.25) is 4.90 Å². The van der Waals surface area contributed by atoms with E-state index in [1.54, 1.807) is 0 Å². The normalized spacial score (nSPS) is 18.7. The molecule has 14 heavy (non-hydrogen) atoms. The van der Waals surface area contributed by atoms with Gasteiger partial charge in [0, 0.05) is 23.6 Å². The van der Waals surface area contributed by atoms with Gasteiger partial charge in [-0.2, -0.15) is 0 Å². The first-order chi connectivity index (χ1) is 6.77. The van der Waals surface area contributed by atoms with E-state index in [4.69, 9.17) is 0 Å². The van der Waals surface area contributed by atoms with E-state index in [2.05, 4.69) is 64.2 Å². The molecular formula is C12H14BrN. The van der Waals surface area contributed by atoms with Crippen molar-refractivity contribution in [3.05, 3.63) is 46.5 Å². The van der Waals surface area contributed by atoms with Crippen molar-refractivity contribution in [3.8, 4) is 0 Å². The monoisotopic (exact) mass is 251 g/mol. The average Bonchev–Trinajstić information content (AvgIpc) is 2.69. The molecule has 1 aromatic rings. The molecule has 1 heterocycles. The summed E-state index contributed by atoms with van der Waals surface area (Å²) in [5.41, 5.74) is 1.38. The van der Waals surface area contributed by atoms with Crippen molar-refractivity contribution in [3.63, 3.8) is 0 Å². The zero-order valence-electron chi connectivity index (χ0n) is 8.28.